The Balaban J connectivity index is 1.34. The molecule has 3 aliphatic heterocycles. The van der Waals surface area contributed by atoms with Gasteiger partial charge in [0.1, 0.15) is 11.4 Å². The molecule has 0 radical (unpaired) electrons. The molecule has 30 heavy (non-hydrogen) atoms. The van der Waals surface area contributed by atoms with Crippen molar-refractivity contribution in [3.8, 4) is 5.75 Å². The summed E-state index contributed by atoms with van der Waals surface area (Å²) in [5.74, 6) is 0.614. The van der Waals surface area contributed by atoms with E-state index >= 15 is 0 Å². The van der Waals surface area contributed by atoms with Gasteiger partial charge in [0.05, 0.1) is 25.3 Å². The molecule has 3 heterocycles. The van der Waals surface area contributed by atoms with Crippen molar-refractivity contribution < 1.29 is 19.1 Å². The van der Waals surface area contributed by atoms with Crippen LogP contribution >= 0.6 is 0 Å². The predicted octanol–water partition coefficient (Wildman–Crippen LogP) is 1.33. The summed E-state index contributed by atoms with van der Waals surface area (Å²) in [7, 11) is 0. The second kappa shape index (κ2) is 8.91. The fourth-order valence-corrected chi connectivity index (χ4v) is 4.67. The molecule has 8 heteroatoms. The lowest BCUT2D eigenvalue weighted by Gasteiger charge is -2.44. The number of hydrazine groups is 1. The number of hydrogen-bond acceptors (Lipinski definition) is 6. The summed E-state index contributed by atoms with van der Waals surface area (Å²) in [5, 5.41) is 6.17. The van der Waals surface area contributed by atoms with Gasteiger partial charge in [0.2, 0.25) is 11.8 Å². The third kappa shape index (κ3) is 4.61. The molecular weight excluding hydrogens is 384 g/mol. The van der Waals surface area contributed by atoms with Crippen molar-refractivity contribution >= 4 is 11.8 Å². The van der Waals surface area contributed by atoms with Gasteiger partial charge < -0.3 is 20.1 Å². The SMILES string of the molecule is CC1NNC(C)C1NC(=O)CCC(=O)NC1CC2(CCOCC2)Oc2ccccc21. The third-order valence-corrected chi connectivity index (χ3v) is 6.46. The quantitative estimate of drug-likeness (QED) is 0.578. The van der Waals surface area contributed by atoms with Crippen LogP contribution in [0.25, 0.3) is 0 Å². The van der Waals surface area contributed by atoms with E-state index < -0.39 is 0 Å². The highest BCUT2D eigenvalue weighted by Gasteiger charge is 2.42. The summed E-state index contributed by atoms with van der Waals surface area (Å²) in [4.78, 5) is 25.0. The Morgan fingerprint density at radius 1 is 1.03 bits per heavy atom. The molecule has 0 aliphatic carbocycles. The maximum atomic E-state index is 12.7. The molecule has 3 atom stereocenters. The number of carbonyl (C=O) groups is 2. The van der Waals surface area contributed by atoms with Crippen LogP contribution < -0.4 is 26.2 Å². The van der Waals surface area contributed by atoms with E-state index in [9.17, 15) is 9.59 Å². The van der Waals surface area contributed by atoms with Crippen LogP contribution in [0.15, 0.2) is 24.3 Å². The van der Waals surface area contributed by atoms with Gasteiger partial charge in [-0.3, -0.25) is 20.4 Å². The van der Waals surface area contributed by atoms with E-state index in [0.29, 0.717) is 13.2 Å². The van der Waals surface area contributed by atoms with Gasteiger partial charge in [-0.05, 0) is 19.9 Å². The van der Waals surface area contributed by atoms with Crippen molar-refractivity contribution in [3.63, 3.8) is 0 Å². The average Bonchev–Trinajstić information content (AvgIpc) is 3.05. The number of benzene rings is 1. The second-order valence-electron chi connectivity index (χ2n) is 8.72. The van der Waals surface area contributed by atoms with E-state index in [1.807, 2.05) is 38.1 Å². The maximum Gasteiger partial charge on any atom is 0.220 e. The lowest BCUT2D eigenvalue weighted by molar-refractivity contribution is -0.128. The van der Waals surface area contributed by atoms with Crippen LogP contribution in [0.3, 0.4) is 0 Å². The Hall–Kier alpha value is -2.16. The van der Waals surface area contributed by atoms with Crippen LogP contribution in [-0.2, 0) is 14.3 Å². The van der Waals surface area contributed by atoms with Gasteiger partial charge in [-0.15, -0.1) is 0 Å². The highest BCUT2D eigenvalue weighted by Crippen LogP contribution is 2.43. The van der Waals surface area contributed by atoms with E-state index in [0.717, 1.165) is 30.6 Å². The van der Waals surface area contributed by atoms with Crippen molar-refractivity contribution in [3.05, 3.63) is 29.8 Å². The molecule has 1 aromatic carbocycles. The molecule has 2 fully saturated rings. The standard InChI is InChI=1S/C22H32N4O4/c1-14-21(15(2)26-25-14)24-20(28)8-7-19(27)23-17-13-22(9-11-29-12-10-22)30-18-6-4-3-5-16(17)18/h3-6,14-15,17,21,25-26H,7-13H2,1-2H3,(H,23,27)(H,24,28). The Morgan fingerprint density at radius 2 is 1.67 bits per heavy atom. The highest BCUT2D eigenvalue weighted by atomic mass is 16.5. The van der Waals surface area contributed by atoms with E-state index in [4.69, 9.17) is 9.47 Å². The van der Waals surface area contributed by atoms with E-state index in [1.165, 1.54) is 0 Å². The first-order valence-electron chi connectivity index (χ1n) is 10.9. The number of rotatable bonds is 5. The number of fused-ring (bicyclic) bond motifs is 1. The normalized spacial score (nSPS) is 29.7. The Kier molecular flexibility index (Phi) is 6.26. The first kappa shape index (κ1) is 21.1. The largest absolute Gasteiger partial charge is 0.487 e. The lowest BCUT2D eigenvalue weighted by Crippen LogP contribution is -2.49. The summed E-state index contributed by atoms with van der Waals surface area (Å²) < 4.78 is 11.9. The average molecular weight is 417 g/mol. The van der Waals surface area contributed by atoms with Crippen molar-refractivity contribution in [2.24, 2.45) is 0 Å². The second-order valence-corrected chi connectivity index (χ2v) is 8.72. The molecule has 2 amide bonds. The van der Waals surface area contributed by atoms with Gasteiger partial charge in [0, 0.05) is 49.8 Å². The van der Waals surface area contributed by atoms with Crippen molar-refractivity contribution in [2.45, 2.75) is 75.7 Å². The predicted molar refractivity (Wildman–Crippen MR) is 112 cm³/mol. The number of carbonyl (C=O) groups excluding carboxylic acids is 2. The minimum atomic E-state index is -0.295. The minimum absolute atomic E-state index is 0.0105. The topological polar surface area (TPSA) is 101 Å². The first-order valence-corrected chi connectivity index (χ1v) is 10.9. The molecule has 1 spiro atoms. The molecule has 8 nitrogen and oxygen atoms in total. The summed E-state index contributed by atoms with van der Waals surface area (Å²) in [5.41, 5.74) is 6.94. The Morgan fingerprint density at radius 3 is 2.37 bits per heavy atom. The highest BCUT2D eigenvalue weighted by molar-refractivity contribution is 5.84. The molecule has 4 rings (SSSR count). The van der Waals surface area contributed by atoms with Gasteiger partial charge >= 0.3 is 0 Å². The van der Waals surface area contributed by atoms with E-state index in [-0.39, 0.29) is 54.4 Å². The van der Waals surface area contributed by atoms with E-state index in [1.54, 1.807) is 0 Å². The van der Waals surface area contributed by atoms with Crippen LogP contribution in [0.4, 0.5) is 0 Å². The van der Waals surface area contributed by atoms with Crippen molar-refractivity contribution in [2.75, 3.05) is 13.2 Å². The van der Waals surface area contributed by atoms with Crippen LogP contribution in [0.2, 0.25) is 0 Å². The summed E-state index contributed by atoms with van der Waals surface area (Å²) in [6, 6.07) is 8.06. The van der Waals surface area contributed by atoms with Crippen molar-refractivity contribution in [1.82, 2.24) is 21.5 Å². The molecule has 1 aromatic rings. The number of para-hydroxylation sites is 1. The zero-order chi connectivity index (χ0) is 21.1. The van der Waals surface area contributed by atoms with Crippen LogP contribution in [-0.4, -0.2) is 48.8 Å². The summed E-state index contributed by atoms with van der Waals surface area (Å²) >= 11 is 0. The van der Waals surface area contributed by atoms with Gasteiger partial charge in [0.25, 0.3) is 0 Å². The fourth-order valence-electron chi connectivity index (χ4n) is 4.67. The van der Waals surface area contributed by atoms with Gasteiger partial charge in [0.15, 0.2) is 0 Å². The molecule has 2 saturated heterocycles. The van der Waals surface area contributed by atoms with Crippen molar-refractivity contribution in [1.29, 1.82) is 0 Å². The fraction of sp³-hybridized carbons (Fsp3) is 0.636. The lowest BCUT2D eigenvalue weighted by atomic mass is 9.82. The molecule has 0 saturated carbocycles. The number of amides is 2. The van der Waals surface area contributed by atoms with Crippen LogP contribution in [0.5, 0.6) is 5.75 Å². The molecule has 0 aromatic heterocycles. The Labute approximate surface area is 177 Å². The zero-order valence-corrected chi connectivity index (χ0v) is 17.7. The zero-order valence-electron chi connectivity index (χ0n) is 17.7. The van der Waals surface area contributed by atoms with Gasteiger partial charge in [-0.2, -0.15) is 0 Å². The molecular formula is C22H32N4O4. The van der Waals surface area contributed by atoms with E-state index in [2.05, 4.69) is 21.5 Å². The molecule has 164 valence electrons. The number of nitrogens with one attached hydrogen (secondary N) is 4. The molecule has 0 bridgehead atoms. The maximum absolute atomic E-state index is 12.7. The molecule has 3 unspecified atom stereocenters. The molecule has 4 N–H and O–H groups in total. The minimum Gasteiger partial charge on any atom is -0.487 e. The Bertz CT molecular complexity index is 770. The van der Waals surface area contributed by atoms with Gasteiger partial charge in [-0.25, -0.2) is 0 Å². The third-order valence-electron chi connectivity index (χ3n) is 6.46. The smallest absolute Gasteiger partial charge is 0.220 e. The summed E-state index contributed by atoms with van der Waals surface area (Å²) in [6.45, 7) is 5.38. The monoisotopic (exact) mass is 416 g/mol. The number of ether oxygens (including phenoxy) is 2. The van der Waals surface area contributed by atoms with Crippen LogP contribution in [0.1, 0.15) is 57.6 Å². The first-order chi connectivity index (χ1) is 14.5. The summed E-state index contributed by atoms with van der Waals surface area (Å²) in [6.07, 6.45) is 2.69. The van der Waals surface area contributed by atoms with Crippen LogP contribution in [0, 0.1) is 0 Å². The number of hydrogen-bond donors (Lipinski definition) is 4. The molecule has 3 aliphatic rings. The van der Waals surface area contributed by atoms with Gasteiger partial charge in [-0.1, -0.05) is 18.2 Å².